The summed E-state index contributed by atoms with van der Waals surface area (Å²) in [5.41, 5.74) is 5.44. The molecule has 1 N–H and O–H groups in total. The van der Waals surface area contributed by atoms with Gasteiger partial charge >= 0.3 is 5.69 Å². The van der Waals surface area contributed by atoms with Crippen molar-refractivity contribution >= 4 is 22.5 Å². The fourth-order valence-corrected chi connectivity index (χ4v) is 5.39. The Morgan fingerprint density at radius 1 is 0.886 bits per heavy atom. The number of piperidine rings is 1. The minimum absolute atomic E-state index is 0.218. The zero-order valence-corrected chi connectivity index (χ0v) is 19.7. The van der Waals surface area contributed by atoms with E-state index in [0.29, 0.717) is 15.9 Å². The normalized spacial score (nSPS) is 16.4. The molecule has 0 radical (unpaired) electrons. The quantitative estimate of drug-likeness (QED) is 0.436. The molecule has 6 rings (SSSR count). The van der Waals surface area contributed by atoms with Crippen molar-refractivity contribution in [2.24, 2.45) is 0 Å². The highest BCUT2D eigenvalue weighted by Crippen LogP contribution is 2.37. The van der Waals surface area contributed by atoms with Crippen molar-refractivity contribution in [3.05, 3.63) is 82.4 Å². The summed E-state index contributed by atoms with van der Waals surface area (Å²) >= 11 is 0. The molecule has 1 fully saturated rings. The Hall–Kier alpha value is -3.71. The van der Waals surface area contributed by atoms with Gasteiger partial charge in [0.25, 0.3) is 0 Å². The van der Waals surface area contributed by atoms with Gasteiger partial charge in [0.05, 0.1) is 5.39 Å². The third kappa shape index (κ3) is 4.17. The van der Waals surface area contributed by atoms with E-state index in [1.54, 1.807) is 12.3 Å². The van der Waals surface area contributed by atoms with E-state index < -0.39 is 5.69 Å². The number of aryl methyl sites for hydroxylation is 1. The lowest BCUT2D eigenvalue weighted by Gasteiger charge is -2.31. The third-order valence-corrected chi connectivity index (χ3v) is 7.21. The van der Waals surface area contributed by atoms with E-state index in [-0.39, 0.29) is 5.65 Å². The number of rotatable bonds is 4. The van der Waals surface area contributed by atoms with Crippen molar-refractivity contribution in [2.45, 2.75) is 38.6 Å². The van der Waals surface area contributed by atoms with Crippen LogP contribution in [0.5, 0.6) is 0 Å². The fraction of sp³-hybridized carbons (Fsp3) is 0.321. The van der Waals surface area contributed by atoms with Gasteiger partial charge in [0.15, 0.2) is 5.65 Å². The fourth-order valence-electron chi connectivity index (χ4n) is 5.39. The Balaban J connectivity index is 1.35. The summed E-state index contributed by atoms with van der Waals surface area (Å²) < 4.78 is 0.519. The SMILES string of the molecule is O=c1nc(N2CCCc3ccc(-c4ccc(CN5CCCCC5)cc4)cc32)c2cccnc2n1O. The number of fused-ring (bicyclic) bond motifs is 2. The van der Waals surface area contributed by atoms with Crippen molar-refractivity contribution in [2.75, 3.05) is 24.5 Å². The zero-order chi connectivity index (χ0) is 23.8. The van der Waals surface area contributed by atoms with Crippen molar-refractivity contribution in [1.29, 1.82) is 0 Å². The van der Waals surface area contributed by atoms with Crippen LogP contribution in [0.4, 0.5) is 11.5 Å². The number of hydrogen-bond donors (Lipinski definition) is 1. The molecule has 4 heterocycles. The molecule has 0 atom stereocenters. The largest absolute Gasteiger partial charge is 0.422 e. The molecule has 0 saturated carbocycles. The van der Waals surface area contributed by atoms with Gasteiger partial charge < -0.3 is 10.1 Å². The summed E-state index contributed by atoms with van der Waals surface area (Å²) in [5.74, 6) is 0.540. The molecule has 1 saturated heterocycles. The van der Waals surface area contributed by atoms with Crippen LogP contribution in [-0.2, 0) is 13.0 Å². The Labute approximate surface area is 204 Å². The molecule has 0 unspecified atom stereocenters. The van der Waals surface area contributed by atoms with Crippen LogP contribution in [0.3, 0.4) is 0 Å². The molecule has 2 aliphatic rings. The number of pyridine rings is 1. The predicted octanol–water partition coefficient (Wildman–Crippen LogP) is 4.77. The van der Waals surface area contributed by atoms with E-state index in [2.05, 4.69) is 62.2 Å². The topological polar surface area (TPSA) is 74.5 Å². The van der Waals surface area contributed by atoms with Crippen molar-refractivity contribution in [1.82, 2.24) is 19.6 Å². The maximum Gasteiger partial charge on any atom is 0.384 e. The summed E-state index contributed by atoms with van der Waals surface area (Å²) in [6.45, 7) is 4.15. The number of nitrogens with zero attached hydrogens (tertiary/aromatic N) is 5. The summed E-state index contributed by atoms with van der Waals surface area (Å²) in [6, 6.07) is 19.1. The number of hydrogen-bond acceptors (Lipinski definition) is 6. The average Bonchev–Trinajstić information content (AvgIpc) is 2.91. The highest BCUT2D eigenvalue weighted by atomic mass is 16.5. The molecular weight excluding hydrogens is 438 g/mol. The van der Waals surface area contributed by atoms with Gasteiger partial charge in [-0.1, -0.05) is 42.8 Å². The van der Waals surface area contributed by atoms with Crippen LogP contribution in [0.2, 0.25) is 0 Å². The molecule has 35 heavy (non-hydrogen) atoms. The van der Waals surface area contributed by atoms with Gasteiger partial charge in [0, 0.05) is 25.0 Å². The molecule has 7 heteroatoms. The van der Waals surface area contributed by atoms with Gasteiger partial charge in [-0.15, -0.1) is 4.73 Å². The number of anilines is 2. The molecule has 178 valence electrons. The van der Waals surface area contributed by atoms with Crippen molar-refractivity contribution in [3.8, 4) is 11.1 Å². The molecule has 2 aromatic heterocycles. The van der Waals surface area contributed by atoms with E-state index in [9.17, 15) is 10.0 Å². The first kappa shape index (κ1) is 21.8. The number of aromatic nitrogens is 3. The highest BCUT2D eigenvalue weighted by Gasteiger charge is 2.24. The first-order chi connectivity index (χ1) is 17.2. The minimum atomic E-state index is -0.723. The van der Waals surface area contributed by atoms with Crippen LogP contribution >= 0.6 is 0 Å². The van der Waals surface area contributed by atoms with Gasteiger partial charge in [-0.25, -0.2) is 9.78 Å². The molecule has 0 aliphatic carbocycles. The Morgan fingerprint density at radius 3 is 2.51 bits per heavy atom. The number of likely N-dealkylation sites (tertiary alicyclic amines) is 1. The first-order valence-electron chi connectivity index (χ1n) is 12.5. The van der Waals surface area contributed by atoms with E-state index in [4.69, 9.17) is 0 Å². The van der Waals surface area contributed by atoms with E-state index in [1.165, 1.54) is 49.0 Å². The second kappa shape index (κ2) is 9.15. The van der Waals surface area contributed by atoms with Crippen LogP contribution < -0.4 is 10.6 Å². The van der Waals surface area contributed by atoms with Crippen LogP contribution in [0.25, 0.3) is 22.2 Å². The lowest BCUT2D eigenvalue weighted by molar-refractivity contribution is 0.182. The summed E-state index contributed by atoms with van der Waals surface area (Å²) in [5, 5.41) is 10.8. The second-order valence-corrected chi connectivity index (χ2v) is 9.54. The third-order valence-electron chi connectivity index (χ3n) is 7.21. The zero-order valence-electron chi connectivity index (χ0n) is 19.7. The lowest BCUT2D eigenvalue weighted by atomic mass is 9.96. The monoisotopic (exact) mass is 467 g/mol. The molecule has 2 aliphatic heterocycles. The van der Waals surface area contributed by atoms with Crippen molar-refractivity contribution < 1.29 is 5.21 Å². The standard InChI is InChI=1S/C28H29N5O2/c34-28-30-27(24-7-4-14-29-26(24)33(28)35)32-17-5-6-22-12-13-23(18-25(22)32)21-10-8-20(9-11-21)19-31-15-2-1-3-16-31/h4,7-14,18,35H,1-3,5-6,15-17,19H2. The van der Waals surface area contributed by atoms with Crippen LogP contribution in [0.15, 0.2) is 65.6 Å². The number of benzene rings is 2. The summed E-state index contributed by atoms with van der Waals surface area (Å²) in [4.78, 5) is 25.5. The molecular formula is C28H29N5O2. The van der Waals surface area contributed by atoms with Gasteiger partial charge in [-0.3, -0.25) is 4.90 Å². The van der Waals surface area contributed by atoms with Gasteiger partial charge in [0.2, 0.25) is 0 Å². The minimum Gasteiger partial charge on any atom is -0.422 e. The van der Waals surface area contributed by atoms with Crippen LogP contribution in [0.1, 0.15) is 36.8 Å². The molecule has 4 aromatic rings. The highest BCUT2D eigenvalue weighted by molar-refractivity contribution is 5.90. The van der Waals surface area contributed by atoms with Gasteiger partial charge in [0.1, 0.15) is 5.82 Å². The van der Waals surface area contributed by atoms with E-state index >= 15 is 0 Å². The predicted molar refractivity (Wildman–Crippen MR) is 137 cm³/mol. The maximum atomic E-state index is 12.4. The molecule has 0 spiro atoms. The Bertz CT molecular complexity index is 1420. The Morgan fingerprint density at radius 2 is 1.69 bits per heavy atom. The first-order valence-corrected chi connectivity index (χ1v) is 12.5. The lowest BCUT2D eigenvalue weighted by Crippen LogP contribution is -2.30. The maximum absolute atomic E-state index is 12.4. The van der Waals surface area contributed by atoms with Crippen molar-refractivity contribution in [3.63, 3.8) is 0 Å². The van der Waals surface area contributed by atoms with E-state index in [0.717, 1.165) is 37.2 Å². The average molecular weight is 468 g/mol. The molecule has 2 aromatic carbocycles. The Kier molecular flexibility index (Phi) is 5.70. The van der Waals surface area contributed by atoms with Crippen LogP contribution in [-0.4, -0.2) is 44.4 Å². The smallest absolute Gasteiger partial charge is 0.384 e. The van der Waals surface area contributed by atoms with Gasteiger partial charge in [-0.05, 0) is 79.2 Å². The van der Waals surface area contributed by atoms with Gasteiger partial charge in [-0.2, -0.15) is 4.98 Å². The molecule has 7 nitrogen and oxygen atoms in total. The molecule has 0 bridgehead atoms. The second-order valence-electron chi connectivity index (χ2n) is 9.54. The van der Waals surface area contributed by atoms with Crippen LogP contribution in [0, 0.1) is 0 Å². The summed E-state index contributed by atoms with van der Waals surface area (Å²) in [7, 11) is 0. The van der Waals surface area contributed by atoms with E-state index in [1.807, 2.05) is 6.07 Å². The summed E-state index contributed by atoms with van der Waals surface area (Å²) in [6.07, 6.45) is 7.47. The molecule has 0 amide bonds.